The van der Waals surface area contributed by atoms with Crippen LogP contribution in [0, 0.1) is 13.8 Å². The van der Waals surface area contributed by atoms with Crippen LogP contribution in [0.15, 0.2) is 95.9 Å². The van der Waals surface area contributed by atoms with Crippen LogP contribution in [-0.2, 0) is 10.0 Å². The SMILES string of the molecule is Cc1ccc(NS(=O)(=O)c2cc(C(=O)Nc3ccccc3C(=O)N[C@@H](C)c3ccccc3)ccc2Cl)c(C)c1. The van der Waals surface area contributed by atoms with Gasteiger partial charge in [0.05, 0.1) is 28.0 Å². The van der Waals surface area contributed by atoms with Crippen LogP contribution >= 0.6 is 11.6 Å². The van der Waals surface area contributed by atoms with E-state index >= 15 is 0 Å². The lowest BCUT2D eigenvalue weighted by Crippen LogP contribution is -2.28. The number of carbonyl (C=O) groups excluding carboxylic acids is 2. The minimum atomic E-state index is -4.10. The molecule has 0 aromatic heterocycles. The van der Waals surface area contributed by atoms with Crippen molar-refractivity contribution >= 4 is 44.8 Å². The van der Waals surface area contributed by atoms with Crippen molar-refractivity contribution in [3.8, 4) is 0 Å². The number of halogens is 1. The molecule has 0 spiro atoms. The standard InChI is InChI=1S/C30H28ClN3O4S/c1-19-13-16-26(20(2)17-19)34-39(37,38)28-18-23(14-15-25(28)31)29(35)33-27-12-8-7-11-24(27)30(36)32-21(3)22-9-5-4-6-10-22/h4-18,21,34H,1-3H3,(H,32,36)(H,33,35)/t21-/m0/s1. The van der Waals surface area contributed by atoms with Gasteiger partial charge in [-0.25, -0.2) is 8.42 Å². The molecule has 0 bridgehead atoms. The van der Waals surface area contributed by atoms with E-state index in [1.807, 2.05) is 50.2 Å². The summed E-state index contributed by atoms with van der Waals surface area (Å²) in [6.07, 6.45) is 0. The molecule has 0 aliphatic rings. The monoisotopic (exact) mass is 561 g/mol. The van der Waals surface area contributed by atoms with Gasteiger partial charge in [0.25, 0.3) is 21.8 Å². The Hall–Kier alpha value is -4.14. The van der Waals surface area contributed by atoms with Crippen LogP contribution < -0.4 is 15.4 Å². The molecule has 0 saturated carbocycles. The lowest BCUT2D eigenvalue weighted by Gasteiger charge is -2.17. The molecule has 1 atom stereocenters. The molecule has 7 nitrogen and oxygen atoms in total. The number of rotatable bonds is 8. The van der Waals surface area contributed by atoms with E-state index in [2.05, 4.69) is 15.4 Å². The van der Waals surface area contributed by atoms with Gasteiger partial charge in [0.15, 0.2) is 0 Å². The highest BCUT2D eigenvalue weighted by Gasteiger charge is 2.22. The number of carbonyl (C=O) groups is 2. The Morgan fingerprint density at radius 3 is 2.21 bits per heavy atom. The molecular formula is C30H28ClN3O4S. The first-order chi connectivity index (χ1) is 18.5. The van der Waals surface area contributed by atoms with E-state index < -0.39 is 15.9 Å². The molecule has 0 saturated heterocycles. The first kappa shape index (κ1) is 27.9. The third kappa shape index (κ3) is 6.66. The Morgan fingerprint density at radius 2 is 1.49 bits per heavy atom. The van der Waals surface area contributed by atoms with Crippen molar-refractivity contribution < 1.29 is 18.0 Å². The summed E-state index contributed by atoms with van der Waals surface area (Å²) in [5.74, 6) is -0.953. The van der Waals surface area contributed by atoms with Gasteiger partial charge in [0.1, 0.15) is 4.90 Å². The molecule has 39 heavy (non-hydrogen) atoms. The highest BCUT2D eigenvalue weighted by molar-refractivity contribution is 7.92. The van der Waals surface area contributed by atoms with E-state index in [0.717, 1.165) is 16.7 Å². The van der Waals surface area contributed by atoms with Gasteiger partial charge >= 0.3 is 0 Å². The zero-order valence-electron chi connectivity index (χ0n) is 21.7. The second-order valence-corrected chi connectivity index (χ2v) is 11.2. The molecule has 9 heteroatoms. The van der Waals surface area contributed by atoms with Gasteiger partial charge in [-0.1, -0.05) is 71.8 Å². The Morgan fingerprint density at radius 1 is 0.795 bits per heavy atom. The lowest BCUT2D eigenvalue weighted by atomic mass is 10.1. The van der Waals surface area contributed by atoms with Crippen LogP contribution in [0.1, 0.15) is 50.4 Å². The third-order valence-electron chi connectivity index (χ3n) is 6.18. The molecule has 4 rings (SSSR count). The summed E-state index contributed by atoms with van der Waals surface area (Å²) in [6.45, 7) is 5.58. The predicted octanol–water partition coefficient (Wildman–Crippen LogP) is 6.50. The average Bonchev–Trinajstić information content (AvgIpc) is 2.91. The minimum Gasteiger partial charge on any atom is -0.345 e. The van der Waals surface area contributed by atoms with E-state index in [4.69, 9.17) is 11.6 Å². The summed E-state index contributed by atoms with van der Waals surface area (Å²) >= 11 is 6.24. The fourth-order valence-electron chi connectivity index (χ4n) is 4.06. The maximum Gasteiger partial charge on any atom is 0.263 e. The van der Waals surface area contributed by atoms with Crippen molar-refractivity contribution in [2.45, 2.75) is 31.7 Å². The summed E-state index contributed by atoms with van der Waals surface area (Å²) in [5, 5.41) is 5.63. The highest BCUT2D eigenvalue weighted by Crippen LogP contribution is 2.27. The molecule has 0 heterocycles. The number of sulfonamides is 1. The first-order valence-corrected chi connectivity index (χ1v) is 14.1. The van der Waals surface area contributed by atoms with Gasteiger partial charge in [-0.05, 0) is 68.3 Å². The fourth-order valence-corrected chi connectivity index (χ4v) is 5.72. The smallest absolute Gasteiger partial charge is 0.263 e. The van der Waals surface area contributed by atoms with Crippen LogP contribution in [0.2, 0.25) is 5.02 Å². The summed E-state index contributed by atoms with van der Waals surface area (Å²) < 4.78 is 28.9. The zero-order chi connectivity index (χ0) is 28.2. The average molecular weight is 562 g/mol. The van der Waals surface area contributed by atoms with Gasteiger partial charge in [-0.2, -0.15) is 0 Å². The number of hydrogen-bond donors (Lipinski definition) is 3. The number of para-hydroxylation sites is 1. The van der Waals surface area contributed by atoms with E-state index in [1.165, 1.54) is 18.2 Å². The molecule has 0 radical (unpaired) electrons. The molecule has 2 amide bonds. The Balaban J connectivity index is 1.55. The molecule has 0 unspecified atom stereocenters. The summed E-state index contributed by atoms with van der Waals surface area (Å²) in [5.41, 5.74) is 3.72. The Kier molecular flexibility index (Phi) is 8.38. The van der Waals surface area contributed by atoms with E-state index in [9.17, 15) is 18.0 Å². The van der Waals surface area contributed by atoms with Crippen LogP contribution in [0.25, 0.3) is 0 Å². The summed E-state index contributed by atoms with van der Waals surface area (Å²) in [6, 6.07) is 25.2. The second kappa shape index (κ2) is 11.7. The quantitative estimate of drug-likeness (QED) is 0.228. The molecule has 0 aliphatic carbocycles. The van der Waals surface area contributed by atoms with E-state index in [1.54, 1.807) is 43.3 Å². The minimum absolute atomic E-state index is 0.0292. The van der Waals surface area contributed by atoms with Gasteiger partial charge in [-0.3, -0.25) is 14.3 Å². The predicted molar refractivity (Wildman–Crippen MR) is 155 cm³/mol. The number of nitrogens with one attached hydrogen (secondary N) is 3. The van der Waals surface area contributed by atoms with Gasteiger partial charge < -0.3 is 10.6 Å². The molecule has 4 aromatic rings. The Bertz CT molecular complexity index is 1640. The van der Waals surface area contributed by atoms with Gasteiger partial charge in [-0.15, -0.1) is 0 Å². The lowest BCUT2D eigenvalue weighted by molar-refractivity contribution is 0.0940. The Labute approximate surface area is 233 Å². The third-order valence-corrected chi connectivity index (χ3v) is 8.02. The first-order valence-electron chi connectivity index (χ1n) is 12.2. The molecule has 200 valence electrons. The summed E-state index contributed by atoms with van der Waals surface area (Å²) in [4.78, 5) is 26.0. The van der Waals surface area contributed by atoms with Crippen LogP contribution in [0.3, 0.4) is 0 Å². The van der Waals surface area contributed by atoms with Crippen molar-refractivity contribution in [2.24, 2.45) is 0 Å². The largest absolute Gasteiger partial charge is 0.345 e. The van der Waals surface area contributed by atoms with Gasteiger partial charge in [0.2, 0.25) is 0 Å². The summed E-state index contributed by atoms with van der Waals surface area (Å²) in [7, 11) is -4.10. The number of aryl methyl sites for hydroxylation is 2. The number of benzene rings is 4. The number of amides is 2. The maximum atomic E-state index is 13.2. The number of anilines is 2. The van der Waals surface area contributed by atoms with Crippen LogP contribution in [0.4, 0.5) is 11.4 Å². The van der Waals surface area contributed by atoms with Crippen molar-refractivity contribution in [1.29, 1.82) is 0 Å². The molecule has 3 N–H and O–H groups in total. The molecule has 4 aromatic carbocycles. The molecule has 0 fully saturated rings. The highest BCUT2D eigenvalue weighted by atomic mass is 35.5. The number of hydrogen-bond acceptors (Lipinski definition) is 4. The van der Waals surface area contributed by atoms with Crippen molar-refractivity contribution in [3.63, 3.8) is 0 Å². The van der Waals surface area contributed by atoms with Crippen LogP contribution in [0.5, 0.6) is 0 Å². The van der Waals surface area contributed by atoms with Gasteiger partial charge in [0, 0.05) is 5.56 Å². The fraction of sp³-hybridized carbons (Fsp3) is 0.133. The van der Waals surface area contributed by atoms with E-state index in [0.29, 0.717) is 5.69 Å². The van der Waals surface area contributed by atoms with E-state index in [-0.39, 0.29) is 38.7 Å². The molecular weight excluding hydrogens is 534 g/mol. The van der Waals surface area contributed by atoms with Crippen LogP contribution in [-0.4, -0.2) is 20.2 Å². The maximum absolute atomic E-state index is 13.2. The van der Waals surface area contributed by atoms with Crippen molar-refractivity contribution in [1.82, 2.24) is 5.32 Å². The normalized spacial score (nSPS) is 11.9. The second-order valence-electron chi connectivity index (χ2n) is 9.17. The van der Waals surface area contributed by atoms with Crippen molar-refractivity contribution in [3.05, 3.63) is 124 Å². The van der Waals surface area contributed by atoms with Crippen molar-refractivity contribution in [2.75, 3.05) is 10.0 Å². The topological polar surface area (TPSA) is 104 Å². The molecule has 0 aliphatic heterocycles. The zero-order valence-corrected chi connectivity index (χ0v) is 23.2.